The van der Waals surface area contributed by atoms with Crippen LogP contribution in [-0.2, 0) is 0 Å². The van der Waals surface area contributed by atoms with E-state index in [-0.39, 0.29) is 0 Å². The van der Waals surface area contributed by atoms with Gasteiger partial charge in [-0.3, -0.25) is 0 Å². The SMILES string of the molecule is [c]1ccc2c(c1)NC[CH]2. The standard InChI is InChI=1S/C8H7N/c1-2-4-8-7(3-1)5-6-9-8/h1,3-5,9H,6H2. The third kappa shape index (κ3) is 0.689. The molecule has 1 aromatic rings. The van der Waals surface area contributed by atoms with Crippen molar-refractivity contribution in [2.45, 2.75) is 0 Å². The Balaban J connectivity index is 2.54. The van der Waals surface area contributed by atoms with Crippen LogP contribution < -0.4 is 5.32 Å². The molecule has 0 unspecified atom stereocenters. The van der Waals surface area contributed by atoms with Crippen LogP contribution in [-0.4, -0.2) is 6.54 Å². The zero-order valence-electron chi connectivity index (χ0n) is 5.02. The molecule has 2 radical (unpaired) electrons. The normalized spacial score (nSPS) is 14.7. The van der Waals surface area contributed by atoms with Crippen LogP contribution in [0.5, 0.6) is 0 Å². The van der Waals surface area contributed by atoms with Crippen molar-refractivity contribution in [2.75, 3.05) is 11.9 Å². The zero-order valence-corrected chi connectivity index (χ0v) is 5.02. The Bertz CT molecular complexity index is 195. The molecule has 1 aliphatic rings. The lowest BCUT2D eigenvalue weighted by molar-refractivity contribution is 1.35. The van der Waals surface area contributed by atoms with Crippen LogP contribution >= 0.6 is 0 Å². The Morgan fingerprint density at radius 2 is 2.56 bits per heavy atom. The molecule has 0 aliphatic carbocycles. The van der Waals surface area contributed by atoms with E-state index in [0.29, 0.717) is 0 Å². The molecule has 1 aliphatic heterocycles. The average molecular weight is 117 g/mol. The minimum absolute atomic E-state index is 0.965. The number of benzene rings is 1. The summed E-state index contributed by atoms with van der Waals surface area (Å²) in [5, 5.41) is 3.21. The predicted octanol–water partition coefficient (Wildman–Crippen LogP) is 1.46. The van der Waals surface area contributed by atoms with Gasteiger partial charge in [0, 0.05) is 18.7 Å². The van der Waals surface area contributed by atoms with Gasteiger partial charge < -0.3 is 5.32 Å². The van der Waals surface area contributed by atoms with Gasteiger partial charge in [0.25, 0.3) is 0 Å². The summed E-state index contributed by atoms with van der Waals surface area (Å²) in [7, 11) is 0. The third-order valence-corrected chi connectivity index (χ3v) is 1.51. The number of hydrogen-bond acceptors (Lipinski definition) is 1. The first-order valence-corrected chi connectivity index (χ1v) is 3.04. The van der Waals surface area contributed by atoms with Crippen molar-refractivity contribution in [3.05, 3.63) is 36.2 Å². The van der Waals surface area contributed by atoms with Crippen molar-refractivity contribution >= 4 is 5.69 Å². The molecule has 44 valence electrons. The molecule has 1 aromatic carbocycles. The molecule has 0 bridgehead atoms. The number of rotatable bonds is 0. The molecule has 0 spiro atoms. The maximum absolute atomic E-state index is 3.21. The van der Waals surface area contributed by atoms with Gasteiger partial charge in [-0.2, -0.15) is 0 Å². The lowest BCUT2D eigenvalue weighted by Crippen LogP contribution is -1.89. The monoisotopic (exact) mass is 117 g/mol. The van der Waals surface area contributed by atoms with E-state index in [1.807, 2.05) is 12.1 Å². The minimum atomic E-state index is 0.965. The van der Waals surface area contributed by atoms with E-state index in [1.54, 1.807) is 0 Å². The molecule has 1 heteroatoms. The molecule has 0 atom stereocenters. The molecule has 1 nitrogen and oxygen atoms in total. The lowest BCUT2D eigenvalue weighted by Gasteiger charge is -1.93. The quantitative estimate of drug-likeness (QED) is 0.542. The van der Waals surface area contributed by atoms with E-state index >= 15 is 0 Å². The second-order valence-electron chi connectivity index (χ2n) is 2.10. The van der Waals surface area contributed by atoms with Crippen molar-refractivity contribution in [3.8, 4) is 0 Å². The number of anilines is 1. The van der Waals surface area contributed by atoms with Gasteiger partial charge in [0.1, 0.15) is 0 Å². The van der Waals surface area contributed by atoms with Gasteiger partial charge in [0.2, 0.25) is 0 Å². The Kier molecular flexibility index (Phi) is 0.950. The summed E-state index contributed by atoms with van der Waals surface area (Å²) < 4.78 is 0. The highest BCUT2D eigenvalue weighted by Crippen LogP contribution is 2.21. The van der Waals surface area contributed by atoms with Gasteiger partial charge in [-0.05, 0) is 17.7 Å². The van der Waals surface area contributed by atoms with E-state index in [1.165, 1.54) is 11.3 Å². The fourth-order valence-corrected chi connectivity index (χ4v) is 1.04. The second kappa shape index (κ2) is 1.76. The molecular weight excluding hydrogens is 110 g/mol. The maximum Gasteiger partial charge on any atom is 0.0382 e. The van der Waals surface area contributed by atoms with Crippen LogP contribution in [0.4, 0.5) is 5.69 Å². The summed E-state index contributed by atoms with van der Waals surface area (Å²) in [5.74, 6) is 0. The average Bonchev–Trinajstić information content (AvgIpc) is 2.33. The largest absolute Gasteiger partial charge is 0.384 e. The summed E-state index contributed by atoms with van der Waals surface area (Å²) in [6.45, 7) is 0.965. The first kappa shape index (κ1) is 4.86. The Morgan fingerprint density at radius 3 is 3.44 bits per heavy atom. The second-order valence-corrected chi connectivity index (χ2v) is 2.10. The van der Waals surface area contributed by atoms with Crippen molar-refractivity contribution in [2.24, 2.45) is 0 Å². The molecule has 1 N–H and O–H groups in total. The molecule has 0 amide bonds. The van der Waals surface area contributed by atoms with Crippen LogP contribution in [0, 0.1) is 12.5 Å². The Labute approximate surface area is 54.7 Å². The summed E-state index contributed by atoms with van der Waals surface area (Å²) >= 11 is 0. The van der Waals surface area contributed by atoms with E-state index in [0.717, 1.165) is 6.54 Å². The highest BCUT2D eigenvalue weighted by molar-refractivity contribution is 5.59. The fourth-order valence-electron chi connectivity index (χ4n) is 1.04. The van der Waals surface area contributed by atoms with Crippen LogP contribution in [0.25, 0.3) is 0 Å². The van der Waals surface area contributed by atoms with Gasteiger partial charge in [-0.15, -0.1) is 0 Å². The highest BCUT2D eigenvalue weighted by Gasteiger charge is 2.06. The van der Waals surface area contributed by atoms with Crippen molar-refractivity contribution in [1.82, 2.24) is 0 Å². The Hall–Kier alpha value is -0.980. The molecule has 9 heavy (non-hydrogen) atoms. The zero-order chi connectivity index (χ0) is 6.10. The summed E-state index contributed by atoms with van der Waals surface area (Å²) in [5.41, 5.74) is 2.51. The summed E-state index contributed by atoms with van der Waals surface area (Å²) in [4.78, 5) is 0. The van der Waals surface area contributed by atoms with Crippen LogP contribution in [0.2, 0.25) is 0 Å². The molecule has 2 rings (SSSR count). The van der Waals surface area contributed by atoms with E-state index < -0.39 is 0 Å². The van der Waals surface area contributed by atoms with E-state index in [4.69, 9.17) is 0 Å². The van der Waals surface area contributed by atoms with Gasteiger partial charge in [0.05, 0.1) is 0 Å². The van der Waals surface area contributed by atoms with Crippen molar-refractivity contribution < 1.29 is 0 Å². The maximum atomic E-state index is 3.21. The third-order valence-electron chi connectivity index (χ3n) is 1.51. The topological polar surface area (TPSA) is 12.0 Å². The molecular formula is C8H7N. The fraction of sp³-hybridized carbons (Fsp3) is 0.125. The smallest absolute Gasteiger partial charge is 0.0382 e. The van der Waals surface area contributed by atoms with Crippen molar-refractivity contribution in [1.29, 1.82) is 0 Å². The first-order chi connectivity index (χ1) is 4.47. The van der Waals surface area contributed by atoms with Crippen molar-refractivity contribution in [3.63, 3.8) is 0 Å². The number of hydrogen-bond donors (Lipinski definition) is 1. The van der Waals surface area contributed by atoms with Crippen LogP contribution in [0.1, 0.15) is 5.56 Å². The minimum Gasteiger partial charge on any atom is -0.384 e. The number of fused-ring (bicyclic) bond motifs is 1. The van der Waals surface area contributed by atoms with Gasteiger partial charge in [0.15, 0.2) is 0 Å². The van der Waals surface area contributed by atoms with Gasteiger partial charge >= 0.3 is 0 Å². The summed E-state index contributed by atoms with van der Waals surface area (Å²) in [6.07, 6.45) is 2.17. The molecule has 0 aromatic heterocycles. The number of nitrogens with one attached hydrogen (secondary N) is 1. The van der Waals surface area contributed by atoms with Gasteiger partial charge in [-0.1, -0.05) is 12.1 Å². The molecule has 0 saturated carbocycles. The summed E-state index contributed by atoms with van der Waals surface area (Å²) in [6, 6.07) is 8.98. The molecule has 0 saturated heterocycles. The van der Waals surface area contributed by atoms with E-state index in [2.05, 4.69) is 23.9 Å². The van der Waals surface area contributed by atoms with Crippen LogP contribution in [0.3, 0.4) is 0 Å². The molecule has 1 heterocycles. The lowest BCUT2D eigenvalue weighted by atomic mass is 10.2. The van der Waals surface area contributed by atoms with E-state index in [9.17, 15) is 0 Å². The van der Waals surface area contributed by atoms with Crippen LogP contribution in [0.15, 0.2) is 18.2 Å². The first-order valence-electron chi connectivity index (χ1n) is 3.04. The van der Waals surface area contributed by atoms with Gasteiger partial charge in [-0.25, -0.2) is 0 Å². The highest BCUT2D eigenvalue weighted by atomic mass is 14.9. The Morgan fingerprint density at radius 1 is 1.56 bits per heavy atom. The molecule has 0 fully saturated rings. The predicted molar refractivity (Wildman–Crippen MR) is 37.2 cm³/mol.